The van der Waals surface area contributed by atoms with E-state index in [0.717, 1.165) is 24.1 Å². The van der Waals surface area contributed by atoms with Crippen molar-refractivity contribution < 1.29 is 9.90 Å². The highest BCUT2D eigenvalue weighted by Crippen LogP contribution is 2.31. The van der Waals surface area contributed by atoms with Crippen LogP contribution in [0, 0.1) is 0 Å². The minimum Gasteiger partial charge on any atom is -0.480 e. The highest BCUT2D eigenvalue weighted by molar-refractivity contribution is 9.10. The molecule has 1 aliphatic rings. The first-order valence-corrected chi connectivity index (χ1v) is 9.34. The van der Waals surface area contributed by atoms with Crippen LogP contribution in [-0.2, 0) is 4.79 Å². The first-order valence-electron chi connectivity index (χ1n) is 8.55. The summed E-state index contributed by atoms with van der Waals surface area (Å²) in [5, 5.41) is 9.08. The average molecular weight is 476 g/mol. The van der Waals surface area contributed by atoms with Gasteiger partial charge < -0.3 is 5.11 Å². The molecule has 1 aliphatic heterocycles. The summed E-state index contributed by atoms with van der Waals surface area (Å²) in [5.74, 6) is -0.758. The molecule has 0 spiro atoms. The van der Waals surface area contributed by atoms with Gasteiger partial charge in [0.25, 0.3) is 0 Å². The van der Waals surface area contributed by atoms with E-state index in [9.17, 15) is 4.79 Å². The van der Waals surface area contributed by atoms with Gasteiger partial charge >= 0.3 is 5.97 Å². The predicted octanol–water partition coefficient (Wildman–Crippen LogP) is 4.47. The van der Waals surface area contributed by atoms with Crippen LogP contribution in [0.3, 0.4) is 0 Å². The van der Waals surface area contributed by atoms with Crippen molar-refractivity contribution in [3.05, 3.63) is 70.2 Å². The van der Waals surface area contributed by atoms with Crippen LogP contribution in [0.25, 0.3) is 0 Å². The SMILES string of the molecule is C[C@@H]1CN(C(c2ccccc2)c2cccc(Br)c2)CCN1CC(=O)O.Cl.Cl. The third-order valence-electron chi connectivity index (χ3n) is 4.78. The fourth-order valence-electron chi connectivity index (χ4n) is 3.59. The van der Waals surface area contributed by atoms with Crippen LogP contribution in [0.15, 0.2) is 59.1 Å². The fourth-order valence-corrected chi connectivity index (χ4v) is 4.01. The molecule has 1 unspecified atom stereocenters. The van der Waals surface area contributed by atoms with E-state index in [1.54, 1.807) is 0 Å². The molecule has 1 heterocycles. The van der Waals surface area contributed by atoms with Gasteiger partial charge in [0.15, 0.2) is 0 Å². The van der Waals surface area contributed by atoms with Crippen LogP contribution in [0.5, 0.6) is 0 Å². The molecule has 2 aromatic rings. The van der Waals surface area contributed by atoms with Crippen LogP contribution in [0.1, 0.15) is 24.1 Å². The van der Waals surface area contributed by atoms with E-state index in [0.29, 0.717) is 0 Å². The lowest BCUT2D eigenvalue weighted by atomic mass is 9.95. The second-order valence-electron chi connectivity index (χ2n) is 6.58. The smallest absolute Gasteiger partial charge is 0.317 e. The maximum Gasteiger partial charge on any atom is 0.317 e. The van der Waals surface area contributed by atoms with Crippen LogP contribution >= 0.6 is 40.7 Å². The van der Waals surface area contributed by atoms with Gasteiger partial charge in [-0.2, -0.15) is 0 Å². The van der Waals surface area contributed by atoms with Crippen LogP contribution in [0.4, 0.5) is 0 Å². The van der Waals surface area contributed by atoms with E-state index in [1.165, 1.54) is 11.1 Å². The van der Waals surface area contributed by atoms with Gasteiger partial charge in [-0.15, -0.1) is 24.8 Å². The van der Waals surface area contributed by atoms with E-state index < -0.39 is 5.97 Å². The van der Waals surface area contributed by atoms with Gasteiger partial charge in [0.05, 0.1) is 12.6 Å². The molecule has 27 heavy (non-hydrogen) atoms. The summed E-state index contributed by atoms with van der Waals surface area (Å²) in [6, 6.07) is 19.3. The van der Waals surface area contributed by atoms with Crippen molar-refractivity contribution >= 4 is 46.7 Å². The molecule has 0 amide bonds. The molecule has 2 aromatic carbocycles. The van der Waals surface area contributed by atoms with Crippen molar-refractivity contribution in [1.82, 2.24) is 9.80 Å². The Kier molecular flexibility index (Phi) is 9.77. The molecule has 1 N–H and O–H groups in total. The summed E-state index contributed by atoms with van der Waals surface area (Å²) in [5.41, 5.74) is 2.51. The Bertz CT molecular complexity index is 733. The molecule has 1 saturated heterocycles. The number of carboxylic acid groups (broad SMARTS) is 1. The summed E-state index contributed by atoms with van der Waals surface area (Å²) in [7, 11) is 0. The molecule has 3 rings (SSSR count). The predicted molar refractivity (Wildman–Crippen MR) is 117 cm³/mol. The Morgan fingerprint density at radius 1 is 1.11 bits per heavy atom. The zero-order valence-electron chi connectivity index (χ0n) is 15.1. The lowest BCUT2D eigenvalue weighted by Gasteiger charge is -2.43. The first kappa shape index (κ1) is 23.9. The normalized spacial score (nSPS) is 18.8. The number of benzene rings is 2. The molecule has 0 saturated carbocycles. The molecule has 4 nitrogen and oxygen atoms in total. The lowest BCUT2D eigenvalue weighted by Crippen LogP contribution is -2.54. The Labute approximate surface area is 181 Å². The van der Waals surface area contributed by atoms with Crippen molar-refractivity contribution in [2.75, 3.05) is 26.2 Å². The number of carbonyl (C=O) groups is 1. The summed E-state index contributed by atoms with van der Waals surface area (Å²) < 4.78 is 1.07. The van der Waals surface area contributed by atoms with Gasteiger partial charge in [-0.25, -0.2) is 0 Å². The molecule has 0 radical (unpaired) electrons. The number of piperazine rings is 1. The van der Waals surface area contributed by atoms with E-state index >= 15 is 0 Å². The molecule has 7 heteroatoms. The second kappa shape index (κ2) is 11.0. The standard InChI is InChI=1S/C20H23BrN2O2.2ClH/c1-15-13-23(11-10-22(15)14-19(24)25)20(16-6-3-2-4-7-16)17-8-5-9-18(21)12-17;;/h2-9,12,15,20H,10-11,13-14H2,1H3,(H,24,25);2*1H/t15-,20?;;/m1../s1. The minimum atomic E-state index is -0.758. The monoisotopic (exact) mass is 474 g/mol. The van der Waals surface area contributed by atoms with Crippen molar-refractivity contribution in [2.24, 2.45) is 0 Å². The lowest BCUT2D eigenvalue weighted by molar-refractivity contribution is -0.139. The number of nitrogens with zero attached hydrogens (tertiary/aromatic N) is 2. The first-order chi connectivity index (χ1) is 12.0. The van der Waals surface area contributed by atoms with E-state index in [2.05, 4.69) is 70.2 Å². The largest absolute Gasteiger partial charge is 0.480 e. The summed E-state index contributed by atoms with van der Waals surface area (Å²) in [4.78, 5) is 15.6. The summed E-state index contributed by atoms with van der Waals surface area (Å²) in [6.45, 7) is 4.69. The quantitative estimate of drug-likeness (QED) is 0.692. The van der Waals surface area contributed by atoms with Crippen molar-refractivity contribution in [1.29, 1.82) is 0 Å². The van der Waals surface area contributed by atoms with E-state index in [-0.39, 0.29) is 43.4 Å². The van der Waals surface area contributed by atoms with E-state index in [1.807, 2.05) is 17.0 Å². The topological polar surface area (TPSA) is 43.8 Å². The molecule has 0 bridgehead atoms. The van der Waals surface area contributed by atoms with Crippen LogP contribution < -0.4 is 0 Å². The number of carboxylic acids is 1. The zero-order chi connectivity index (χ0) is 17.8. The Morgan fingerprint density at radius 3 is 2.37 bits per heavy atom. The van der Waals surface area contributed by atoms with Gasteiger partial charge in [-0.05, 0) is 30.2 Å². The summed E-state index contributed by atoms with van der Waals surface area (Å²) >= 11 is 3.58. The third kappa shape index (κ3) is 6.19. The maximum absolute atomic E-state index is 11.0. The van der Waals surface area contributed by atoms with Crippen molar-refractivity contribution in [2.45, 2.75) is 19.0 Å². The van der Waals surface area contributed by atoms with Gasteiger partial charge in [-0.1, -0.05) is 58.4 Å². The maximum atomic E-state index is 11.0. The minimum absolute atomic E-state index is 0. The Balaban J connectivity index is 0.00000182. The summed E-state index contributed by atoms with van der Waals surface area (Å²) in [6.07, 6.45) is 0. The molecular formula is C20H25BrCl2N2O2. The fraction of sp³-hybridized carbons (Fsp3) is 0.350. The van der Waals surface area contributed by atoms with Gasteiger partial charge in [0.1, 0.15) is 0 Å². The third-order valence-corrected chi connectivity index (χ3v) is 5.27. The molecule has 0 aromatic heterocycles. The number of rotatable bonds is 5. The molecule has 0 aliphatic carbocycles. The Hall–Kier alpha value is -1.11. The highest BCUT2D eigenvalue weighted by atomic mass is 79.9. The van der Waals surface area contributed by atoms with Gasteiger partial charge in [0, 0.05) is 30.1 Å². The van der Waals surface area contributed by atoms with Crippen molar-refractivity contribution in [3.63, 3.8) is 0 Å². The number of aliphatic carboxylic acids is 1. The van der Waals surface area contributed by atoms with Crippen LogP contribution in [0.2, 0.25) is 0 Å². The highest BCUT2D eigenvalue weighted by Gasteiger charge is 2.30. The van der Waals surface area contributed by atoms with Crippen molar-refractivity contribution in [3.8, 4) is 0 Å². The van der Waals surface area contributed by atoms with Crippen LogP contribution in [-0.4, -0.2) is 53.1 Å². The molecular weight excluding hydrogens is 451 g/mol. The van der Waals surface area contributed by atoms with Gasteiger partial charge in [-0.3, -0.25) is 14.6 Å². The molecule has 1 fully saturated rings. The van der Waals surface area contributed by atoms with Gasteiger partial charge in [0.2, 0.25) is 0 Å². The molecule has 148 valence electrons. The number of hydrogen-bond donors (Lipinski definition) is 1. The zero-order valence-corrected chi connectivity index (χ0v) is 18.3. The van der Waals surface area contributed by atoms with E-state index in [4.69, 9.17) is 5.11 Å². The average Bonchev–Trinajstić information content (AvgIpc) is 2.58. The number of hydrogen-bond acceptors (Lipinski definition) is 3. The second-order valence-corrected chi connectivity index (χ2v) is 7.49. The molecule has 2 atom stereocenters. The number of halogens is 3. The Morgan fingerprint density at radius 2 is 1.78 bits per heavy atom.